The fraction of sp³-hybridized carbons (Fsp3) is 0.269. The summed E-state index contributed by atoms with van der Waals surface area (Å²) in [5, 5.41) is 0. The minimum atomic E-state index is 0.765. The minimum Gasteiger partial charge on any atom is -0.376 e. The summed E-state index contributed by atoms with van der Waals surface area (Å²) in [7, 11) is 4.18. The smallest absolute Gasteiger partial charge is 0.209 e. The van der Waals surface area contributed by atoms with Gasteiger partial charge in [-0.3, -0.25) is 4.79 Å². The summed E-state index contributed by atoms with van der Waals surface area (Å²) >= 11 is 0. The van der Waals surface area contributed by atoms with Gasteiger partial charge >= 0.3 is 0 Å². The molecule has 0 spiro atoms. The quantitative estimate of drug-likeness (QED) is 0.537. The molecule has 4 rings (SSSR count). The Labute approximate surface area is 185 Å². The average molecular weight is 415 g/mol. The molecule has 5 heteroatoms. The van der Waals surface area contributed by atoms with Gasteiger partial charge in [-0.2, -0.15) is 0 Å². The van der Waals surface area contributed by atoms with Gasteiger partial charge in [-0.1, -0.05) is 48.5 Å². The Morgan fingerprint density at radius 3 is 2.06 bits per heavy atom. The van der Waals surface area contributed by atoms with Gasteiger partial charge in [0.05, 0.1) is 11.4 Å². The molecule has 0 N–H and O–H groups in total. The average Bonchev–Trinajstić information content (AvgIpc) is 2.83. The summed E-state index contributed by atoms with van der Waals surface area (Å²) in [5.74, 6) is 0. The largest absolute Gasteiger partial charge is 0.376 e. The molecule has 1 saturated heterocycles. The van der Waals surface area contributed by atoms with Crippen molar-refractivity contribution in [2.45, 2.75) is 6.54 Å². The van der Waals surface area contributed by atoms with E-state index in [4.69, 9.17) is 0 Å². The maximum Gasteiger partial charge on any atom is 0.209 e. The summed E-state index contributed by atoms with van der Waals surface area (Å²) in [6.07, 6.45) is 0.953. The molecule has 0 unspecified atom stereocenters. The van der Waals surface area contributed by atoms with Crippen LogP contribution >= 0.6 is 0 Å². The molecule has 0 bridgehead atoms. The van der Waals surface area contributed by atoms with E-state index in [9.17, 15) is 4.79 Å². The number of piperazine rings is 1. The molecule has 5 nitrogen and oxygen atoms in total. The van der Waals surface area contributed by atoms with Crippen molar-refractivity contribution in [1.29, 1.82) is 0 Å². The minimum absolute atomic E-state index is 0.765. The lowest BCUT2D eigenvalue weighted by Gasteiger charge is -2.36. The number of hydrogen-bond acceptors (Lipinski definition) is 4. The van der Waals surface area contributed by atoms with Crippen LogP contribution in [0.3, 0.4) is 0 Å². The lowest BCUT2D eigenvalue weighted by molar-refractivity contribution is -0.118. The van der Waals surface area contributed by atoms with E-state index in [2.05, 4.69) is 108 Å². The van der Waals surface area contributed by atoms with Crippen LogP contribution in [0.2, 0.25) is 0 Å². The molecule has 160 valence electrons. The third-order valence-corrected chi connectivity index (χ3v) is 5.81. The summed E-state index contributed by atoms with van der Waals surface area (Å²) in [5.41, 5.74) is 5.98. The Bertz CT molecular complexity index is 983. The van der Waals surface area contributed by atoms with Crippen LogP contribution in [0.4, 0.5) is 22.7 Å². The van der Waals surface area contributed by atoms with Crippen LogP contribution in [0.25, 0.3) is 0 Å². The predicted octanol–water partition coefficient (Wildman–Crippen LogP) is 4.37. The predicted molar refractivity (Wildman–Crippen MR) is 129 cm³/mol. The van der Waals surface area contributed by atoms with Crippen molar-refractivity contribution in [2.24, 2.45) is 0 Å². The van der Waals surface area contributed by atoms with Crippen LogP contribution < -0.4 is 14.7 Å². The second-order valence-corrected chi connectivity index (χ2v) is 8.10. The Kier molecular flexibility index (Phi) is 6.41. The molecule has 0 atom stereocenters. The Morgan fingerprint density at radius 2 is 1.45 bits per heavy atom. The zero-order valence-corrected chi connectivity index (χ0v) is 18.3. The first-order valence-corrected chi connectivity index (χ1v) is 10.8. The van der Waals surface area contributed by atoms with E-state index in [1.807, 2.05) is 4.90 Å². The molecule has 1 fully saturated rings. The molecule has 0 aliphatic carbocycles. The summed E-state index contributed by atoms with van der Waals surface area (Å²) < 4.78 is 0. The molecule has 31 heavy (non-hydrogen) atoms. The number of hydrogen-bond donors (Lipinski definition) is 0. The summed E-state index contributed by atoms with van der Waals surface area (Å²) in [4.78, 5) is 19.9. The number of nitrogens with zero attached hydrogens (tertiary/aromatic N) is 4. The normalized spacial score (nSPS) is 13.7. The van der Waals surface area contributed by atoms with E-state index < -0.39 is 0 Å². The summed E-state index contributed by atoms with van der Waals surface area (Å²) in [6.45, 7) is 4.02. The van der Waals surface area contributed by atoms with Crippen molar-refractivity contribution in [3.05, 3.63) is 84.4 Å². The monoisotopic (exact) mass is 414 g/mol. The van der Waals surface area contributed by atoms with Crippen LogP contribution in [0.5, 0.6) is 0 Å². The molecule has 0 saturated carbocycles. The van der Waals surface area contributed by atoms with Gasteiger partial charge in [0, 0.05) is 58.2 Å². The van der Waals surface area contributed by atoms with Gasteiger partial charge in [0.25, 0.3) is 0 Å². The van der Waals surface area contributed by atoms with Gasteiger partial charge in [0.15, 0.2) is 0 Å². The molecule has 1 heterocycles. The maximum atomic E-state index is 11.1. The molecular weight excluding hydrogens is 384 g/mol. The van der Waals surface area contributed by atoms with Crippen molar-refractivity contribution in [3.8, 4) is 0 Å². The Hall–Kier alpha value is -3.47. The van der Waals surface area contributed by atoms with Gasteiger partial charge in [-0.15, -0.1) is 0 Å². The van der Waals surface area contributed by atoms with Crippen molar-refractivity contribution in [2.75, 3.05) is 55.0 Å². The van der Waals surface area contributed by atoms with Crippen LogP contribution in [-0.4, -0.2) is 51.6 Å². The Balaban J connectivity index is 1.74. The van der Waals surface area contributed by atoms with Gasteiger partial charge in [0.2, 0.25) is 6.41 Å². The second-order valence-electron chi connectivity index (χ2n) is 8.10. The number of para-hydroxylation sites is 1. The van der Waals surface area contributed by atoms with Crippen LogP contribution in [0.15, 0.2) is 78.9 Å². The SMILES string of the molecule is CN(C)c1ccc(N2CCN(C=O)CC2)cc1N(Cc1ccccc1)c1ccccc1. The first-order valence-electron chi connectivity index (χ1n) is 10.8. The number of amides is 1. The van der Waals surface area contributed by atoms with Crippen LogP contribution in [-0.2, 0) is 11.3 Å². The highest BCUT2D eigenvalue weighted by atomic mass is 16.1. The van der Waals surface area contributed by atoms with E-state index in [1.54, 1.807) is 0 Å². The van der Waals surface area contributed by atoms with Crippen LogP contribution in [0.1, 0.15) is 5.56 Å². The van der Waals surface area contributed by atoms with Crippen molar-refractivity contribution in [3.63, 3.8) is 0 Å². The fourth-order valence-corrected chi connectivity index (χ4v) is 4.08. The summed E-state index contributed by atoms with van der Waals surface area (Å²) in [6, 6.07) is 27.8. The molecule has 0 aromatic heterocycles. The number of carbonyl (C=O) groups excluding carboxylic acids is 1. The third-order valence-electron chi connectivity index (χ3n) is 5.81. The van der Waals surface area contributed by atoms with Gasteiger partial charge in [-0.05, 0) is 35.9 Å². The molecule has 1 amide bonds. The molecule has 3 aromatic carbocycles. The van der Waals surface area contributed by atoms with Crippen molar-refractivity contribution < 1.29 is 4.79 Å². The van der Waals surface area contributed by atoms with E-state index in [1.165, 1.54) is 22.6 Å². The first-order chi connectivity index (χ1) is 15.2. The molecule has 1 aliphatic rings. The Morgan fingerprint density at radius 1 is 0.806 bits per heavy atom. The number of rotatable bonds is 7. The maximum absolute atomic E-state index is 11.1. The number of benzene rings is 3. The number of anilines is 4. The highest BCUT2D eigenvalue weighted by Crippen LogP contribution is 2.38. The lowest BCUT2D eigenvalue weighted by Crippen LogP contribution is -2.45. The van der Waals surface area contributed by atoms with Gasteiger partial charge in [-0.25, -0.2) is 0 Å². The third kappa shape index (κ3) is 4.82. The zero-order valence-electron chi connectivity index (χ0n) is 18.3. The topological polar surface area (TPSA) is 30.0 Å². The second kappa shape index (κ2) is 9.56. The van der Waals surface area contributed by atoms with E-state index in [-0.39, 0.29) is 0 Å². The van der Waals surface area contributed by atoms with Gasteiger partial charge in [0.1, 0.15) is 0 Å². The number of carbonyl (C=O) groups is 1. The van der Waals surface area contributed by atoms with E-state index in [0.717, 1.165) is 44.8 Å². The van der Waals surface area contributed by atoms with Gasteiger partial charge < -0.3 is 19.6 Å². The lowest BCUT2D eigenvalue weighted by atomic mass is 10.1. The van der Waals surface area contributed by atoms with Crippen LogP contribution in [0, 0.1) is 0 Å². The van der Waals surface area contributed by atoms with Crippen molar-refractivity contribution in [1.82, 2.24) is 4.90 Å². The van der Waals surface area contributed by atoms with E-state index >= 15 is 0 Å². The molecule has 3 aromatic rings. The molecule has 0 radical (unpaired) electrons. The first kappa shape index (κ1) is 20.8. The fourth-order valence-electron chi connectivity index (χ4n) is 4.08. The van der Waals surface area contributed by atoms with Crippen molar-refractivity contribution >= 4 is 29.2 Å². The zero-order chi connectivity index (χ0) is 21.6. The van der Waals surface area contributed by atoms with E-state index in [0.29, 0.717) is 0 Å². The molecule has 1 aliphatic heterocycles. The molecular formula is C26H30N4O. The standard InChI is InChI=1S/C26H30N4O/c1-27(2)25-14-13-24(29-17-15-28(21-31)16-18-29)19-26(25)30(23-11-7-4-8-12-23)20-22-9-5-3-6-10-22/h3-14,19,21H,15-18,20H2,1-2H3. The highest BCUT2D eigenvalue weighted by molar-refractivity contribution is 5.81. The highest BCUT2D eigenvalue weighted by Gasteiger charge is 2.20.